The lowest BCUT2D eigenvalue weighted by atomic mass is 10.1. The van der Waals surface area contributed by atoms with Crippen LogP contribution in [-0.2, 0) is 9.53 Å². The minimum Gasteiger partial charge on any atom is -0.444 e. The van der Waals surface area contributed by atoms with Crippen LogP contribution in [0, 0.1) is 5.82 Å². The zero-order valence-corrected chi connectivity index (χ0v) is 13.8. The average molecular weight is 365 g/mol. The third-order valence-electron chi connectivity index (χ3n) is 3.18. The van der Waals surface area contributed by atoms with E-state index in [0.29, 0.717) is 5.56 Å². The fourth-order valence-corrected chi connectivity index (χ4v) is 2.21. The summed E-state index contributed by atoms with van der Waals surface area (Å²) in [7, 11) is 1.34. The molecule has 130 valence electrons. The molecule has 0 saturated carbocycles. The summed E-state index contributed by atoms with van der Waals surface area (Å²) < 4.78 is 18.3. The number of imide groups is 1. The number of hydrogen-bond donors (Lipinski definition) is 2. The lowest BCUT2D eigenvalue weighted by Gasteiger charge is -2.18. The molecule has 0 spiro atoms. The van der Waals surface area contributed by atoms with Crippen molar-refractivity contribution < 1.29 is 23.5 Å². The van der Waals surface area contributed by atoms with Crippen LogP contribution in [0.3, 0.4) is 0 Å². The first-order chi connectivity index (χ1) is 11.9. The first-order valence-electron chi connectivity index (χ1n) is 7.16. The standard InChI is InChI=1S/C17H14ClFN2O4/c1-20-17(24)21-15(22)14(10-5-3-2-4-6-10)25-16(23)12-8-7-11(19)9-13(12)18/h2-9,14H,1H3,(H2,20,21,22,24)/t14-/m1/s1. The van der Waals surface area contributed by atoms with Crippen LogP contribution in [-0.4, -0.2) is 25.0 Å². The van der Waals surface area contributed by atoms with Crippen molar-refractivity contribution in [3.8, 4) is 0 Å². The number of benzene rings is 2. The van der Waals surface area contributed by atoms with Gasteiger partial charge in [-0.25, -0.2) is 14.0 Å². The van der Waals surface area contributed by atoms with Crippen LogP contribution in [0.2, 0.25) is 5.02 Å². The second-order valence-corrected chi connectivity index (χ2v) is 5.30. The molecular weight excluding hydrogens is 351 g/mol. The van der Waals surface area contributed by atoms with Gasteiger partial charge in [-0.3, -0.25) is 10.1 Å². The second-order valence-electron chi connectivity index (χ2n) is 4.89. The van der Waals surface area contributed by atoms with Crippen molar-refractivity contribution in [1.29, 1.82) is 0 Å². The number of amides is 3. The first kappa shape index (κ1) is 18.4. The van der Waals surface area contributed by atoms with E-state index >= 15 is 0 Å². The van der Waals surface area contributed by atoms with E-state index in [1.54, 1.807) is 30.3 Å². The maximum absolute atomic E-state index is 13.1. The monoisotopic (exact) mass is 364 g/mol. The summed E-state index contributed by atoms with van der Waals surface area (Å²) >= 11 is 5.83. The van der Waals surface area contributed by atoms with E-state index in [-0.39, 0.29) is 10.6 Å². The highest BCUT2D eigenvalue weighted by molar-refractivity contribution is 6.33. The third-order valence-corrected chi connectivity index (χ3v) is 3.49. The molecule has 2 N–H and O–H groups in total. The lowest BCUT2D eigenvalue weighted by Crippen LogP contribution is -2.41. The summed E-state index contributed by atoms with van der Waals surface area (Å²) in [6, 6.07) is 10.5. The molecule has 0 saturated heterocycles. The molecule has 2 aromatic rings. The highest BCUT2D eigenvalue weighted by Crippen LogP contribution is 2.23. The van der Waals surface area contributed by atoms with Crippen molar-refractivity contribution in [3.05, 3.63) is 70.5 Å². The number of esters is 1. The van der Waals surface area contributed by atoms with Gasteiger partial charge in [-0.15, -0.1) is 0 Å². The Kier molecular flexibility index (Phi) is 6.08. The summed E-state index contributed by atoms with van der Waals surface area (Å²) in [6.45, 7) is 0. The maximum Gasteiger partial charge on any atom is 0.340 e. The molecule has 0 aliphatic rings. The third kappa shape index (κ3) is 4.77. The minimum atomic E-state index is -1.38. The van der Waals surface area contributed by atoms with Crippen LogP contribution in [0.1, 0.15) is 22.0 Å². The van der Waals surface area contributed by atoms with Crippen molar-refractivity contribution >= 4 is 29.5 Å². The Balaban J connectivity index is 2.28. The van der Waals surface area contributed by atoms with Crippen molar-refractivity contribution in [2.45, 2.75) is 6.10 Å². The number of nitrogens with one attached hydrogen (secondary N) is 2. The molecule has 0 aliphatic carbocycles. The quantitative estimate of drug-likeness (QED) is 0.817. The van der Waals surface area contributed by atoms with Gasteiger partial charge in [-0.2, -0.15) is 0 Å². The van der Waals surface area contributed by atoms with Gasteiger partial charge >= 0.3 is 12.0 Å². The number of carbonyl (C=O) groups excluding carboxylic acids is 3. The van der Waals surface area contributed by atoms with Gasteiger partial charge < -0.3 is 10.1 Å². The van der Waals surface area contributed by atoms with Gasteiger partial charge in [0.05, 0.1) is 10.6 Å². The predicted octanol–water partition coefficient (Wildman–Crippen LogP) is 2.83. The Hall–Kier alpha value is -2.93. The highest BCUT2D eigenvalue weighted by Gasteiger charge is 2.27. The van der Waals surface area contributed by atoms with Crippen LogP contribution >= 0.6 is 11.6 Å². The summed E-state index contributed by atoms with van der Waals surface area (Å²) in [5.41, 5.74) is 0.257. The van der Waals surface area contributed by atoms with Gasteiger partial charge in [0, 0.05) is 12.6 Å². The molecule has 6 nitrogen and oxygen atoms in total. The molecule has 8 heteroatoms. The number of halogens is 2. The van der Waals surface area contributed by atoms with Crippen LogP contribution in [0.25, 0.3) is 0 Å². The predicted molar refractivity (Wildman–Crippen MR) is 88.6 cm³/mol. The first-order valence-corrected chi connectivity index (χ1v) is 7.53. The van der Waals surface area contributed by atoms with Crippen LogP contribution in [0.5, 0.6) is 0 Å². The molecule has 0 fully saturated rings. The normalized spacial score (nSPS) is 11.3. The van der Waals surface area contributed by atoms with E-state index in [1.807, 2.05) is 5.32 Å². The molecule has 0 bridgehead atoms. The van der Waals surface area contributed by atoms with Crippen molar-refractivity contribution in [2.24, 2.45) is 0 Å². The SMILES string of the molecule is CNC(=O)NC(=O)[C@H](OC(=O)c1ccc(F)cc1Cl)c1ccccc1. The van der Waals surface area contributed by atoms with E-state index in [4.69, 9.17) is 16.3 Å². The van der Waals surface area contributed by atoms with Crippen LogP contribution in [0.15, 0.2) is 48.5 Å². The Morgan fingerprint density at radius 1 is 1.12 bits per heavy atom. The van der Waals surface area contributed by atoms with Crippen molar-refractivity contribution in [3.63, 3.8) is 0 Å². The van der Waals surface area contributed by atoms with Gasteiger partial charge in [0.1, 0.15) is 5.82 Å². The largest absolute Gasteiger partial charge is 0.444 e. The van der Waals surface area contributed by atoms with E-state index in [0.717, 1.165) is 18.2 Å². The van der Waals surface area contributed by atoms with Gasteiger partial charge in [-0.1, -0.05) is 41.9 Å². The van der Waals surface area contributed by atoms with Gasteiger partial charge in [-0.05, 0) is 18.2 Å². The van der Waals surface area contributed by atoms with E-state index in [1.165, 1.54) is 7.05 Å². The number of carbonyl (C=O) groups is 3. The fourth-order valence-electron chi connectivity index (χ4n) is 1.97. The summed E-state index contributed by atoms with van der Waals surface area (Å²) in [5.74, 6) is -2.37. The molecule has 0 heterocycles. The molecule has 2 aromatic carbocycles. The maximum atomic E-state index is 13.1. The summed E-state index contributed by atoms with van der Waals surface area (Å²) in [5, 5.41) is 4.13. The van der Waals surface area contributed by atoms with E-state index in [9.17, 15) is 18.8 Å². The smallest absolute Gasteiger partial charge is 0.340 e. The second kappa shape index (κ2) is 8.25. The summed E-state index contributed by atoms with van der Waals surface area (Å²) in [6.07, 6.45) is -1.38. The molecule has 1 atom stereocenters. The van der Waals surface area contributed by atoms with Crippen molar-refractivity contribution in [2.75, 3.05) is 7.05 Å². The molecule has 0 aliphatic heterocycles. The topological polar surface area (TPSA) is 84.5 Å². The van der Waals surface area contributed by atoms with Gasteiger partial charge in [0.15, 0.2) is 0 Å². The Morgan fingerprint density at radius 3 is 2.40 bits per heavy atom. The zero-order valence-electron chi connectivity index (χ0n) is 13.1. The average Bonchev–Trinajstić information content (AvgIpc) is 2.59. The molecule has 0 unspecified atom stereocenters. The molecule has 0 radical (unpaired) electrons. The van der Waals surface area contributed by atoms with Crippen LogP contribution in [0.4, 0.5) is 9.18 Å². The van der Waals surface area contributed by atoms with E-state index in [2.05, 4.69) is 5.32 Å². The molecule has 0 aromatic heterocycles. The van der Waals surface area contributed by atoms with Crippen molar-refractivity contribution in [1.82, 2.24) is 10.6 Å². The Morgan fingerprint density at radius 2 is 1.80 bits per heavy atom. The number of ether oxygens (including phenoxy) is 1. The molecular formula is C17H14ClFN2O4. The Labute approximate surface area is 147 Å². The number of urea groups is 1. The summed E-state index contributed by atoms with van der Waals surface area (Å²) in [4.78, 5) is 35.9. The number of rotatable bonds is 4. The lowest BCUT2D eigenvalue weighted by molar-refractivity contribution is -0.129. The highest BCUT2D eigenvalue weighted by atomic mass is 35.5. The van der Waals surface area contributed by atoms with Gasteiger partial charge in [0.2, 0.25) is 6.10 Å². The molecule has 2 rings (SSSR count). The molecule has 25 heavy (non-hydrogen) atoms. The fraction of sp³-hybridized carbons (Fsp3) is 0.118. The minimum absolute atomic E-state index is 0.100. The zero-order chi connectivity index (χ0) is 18.4. The number of hydrogen-bond acceptors (Lipinski definition) is 4. The van der Waals surface area contributed by atoms with Crippen LogP contribution < -0.4 is 10.6 Å². The molecule has 3 amide bonds. The Bertz CT molecular complexity index is 798. The van der Waals surface area contributed by atoms with Gasteiger partial charge in [0.25, 0.3) is 5.91 Å². The van der Waals surface area contributed by atoms with E-state index < -0.39 is 29.8 Å².